The summed E-state index contributed by atoms with van der Waals surface area (Å²) in [5, 5.41) is 5.82. The molecule has 0 aliphatic rings. The fourth-order valence-corrected chi connectivity index (χ4v) is 5.32. The number of aryl methyl sites for hydroxylation is 1. The molecule has 0 saturated carbocycles. The van der Waals surface area contributed by atoms with E-state index < -0.39 is 58.6 Å². The molecule has 3 rings (SSSR count). The van der Waals surface area contributed by atoms with Crippen LogP contribution in [0.1, 0.15) is 110 Å². The zero-order valence-electron chi connectivity index (χ0n) is 33.3. The molecule has 0 fully saturated rings. The number of H-pyrrole nitrogens is 1. The van der Waals surface area contributed by atoms with Crippen LogP contribution in [0.3, 0.4) is 0 Å². The molecule has 0 aliphatic heterocycles. The molecule has 1 heterocycles. The summed E-state index contributed by atoms with van der Waals surface area (Å²) in [7, 11) is 1.88. The number of aromatic amines is 1. The Kier molecular flexibility index (Phi) is 14.1. The monoisotopic (exact) mass is 749 g/mol. The van der Waals surface area contributed by atoms with Gasteiger partial charge in [0, 0.05) is 37.7 Å². The van der Waals surface area contributed by atoms with Crippen LogP contribution in [0.5, 0.6) is 0 Å². The predicted octanol–water partition coefficient (Wildman–Crippen LogP) is 5.04. The van der Waals surface area contributed by atoms with Crippen molar-refractivity contribution in [2.75, 3.05) is 11.9 Å². The maximum atomic E-state index is 13.4. The third-order valence-corrected chi connectivity index (χ3v) is 7.62. The Morgan fingerprint density at radius 3 is 1.85 bits per heavy atom. The summed E-state index contributed by atoms with van der Waals surface area (Å²) in [6, 6.07) is 9.94. The molecule has 1 aromatic heterocycles. The van der Waals surface area contributed by atoms with Crippen molar-refractivity contribution in [2.45, 2.75) is 130 Å². The Labute approximate surface area is 316 Å². The van der Waals surface area contributed by atoms with E-state index in [1.54, 1.807) is 99.6 Å². The van der Waals surface area contributed by atoms with Crippen LogP contribution in [-0.2, 0) is 39.9 Å². The molecule has 2 aromatic carbocycles. The number of hydrogen-bond acceptors (Lipinski definition) is 11. The minimum atomic E-state index is -1.19. The van der Waals surface area contributed by atoms with Crippen LogP contribution >= 0.6 is 0 Å². The molecule has 0 radical (unpaired) electrons. The molecule has 2 amide bonds. The number of nitrogens with zero attached hydrogens (tertiary/aromatic N) is 2. The van der Waals surface area contributed by atoms with Crippen LogP contribution in [0.25, 0.3) is 10.9 Å². The normalized spacial score (nSPS) is 13.0. The van der Waals surface area contributed by atoms with Crippen LogP contribution in [0.2, 0.25) is 0 Å². The van der Waals surface area contributed by atoms with Crippen LogP contribution in [0.15, 0.2) is 47.3 Å². The zero-order chi connectivity index (χ0) is 40.6. The first kappa shape index (κ1) is 43.1. The van der Waals surface area contributed by atoms with Gasteiger partial charge in [-0.2, -0.15) is 0 Å². The second-order valence-electron chi connectivity index (χ2n) is 16.3. The molecule has 14 heteroatoms. The molecule has 3 aromatic rings. The van der Waals surface area contributed by atoms with Crippen LogP contribution < -0.4 is 21.1 Å². The predicted molar refractivity (Wildman–Crippen MR) is 205 cm³/mol. The molecular weight excluding hydrogens is 694 g/mol. The number of amides is 2. The van der Waals surface area contributed by atoms with Gasteiger partial charge in [-0.15, -0.1) is 0 Å². The van der Waals surface area contributed by atoms with Crippen molar-refractivity contribution in [1.82, 2.24) is 20.6 Å². The highest BCUT2D eigenvalue weighted by Crippen LogP contribution is 2.20. The van der Waals surface area contributed by atoms with Gasteiger partial charge in [0.05, 0.1) is 10.9 Å². The Morgan fingerprint density at radius 1 is 0.759 bits per heavy atom. The Bertz CT molecular complexity index is 1880. The third-order valence-electron chi connectivity index (χ3n) is 7.62. The Hall–Kier alpha value is -5.27. The van der Waals surface area contributed by atoms with Gasteiger partial charge < -0.3 is 34.7 Å². The molecule has 0 aliphatic carbocycles. The summed E-state index contributed by atoms with van der Waals surface area (Å²) in [4.78, 5) is 86.6. The smallest absolute Gasteiger partial charge is 0.329 e. The number of aromatic nitrogens is 2. The molecule has 0 saturated heterocycles. The number of nitrogens with one attached hydrogen (secondary N) is 3. The highest BCUT2D eigenvalue weighted by molar-refractivity contribution is 5.97. The standard InChI is InChI=1S/C40H55N5O9/c1-24-41-29-17-12-25(22-28(29)35(49)42-24)23-45(11)27-15-13-26(14-16-27)34(48)44-31(37(51)54-40(8,9)10)18-20-32(46)43-30(36(50)53-39(5,6)7)19-21-33(47)52-38(2,3)4/h12-17,22,30-31H,18-21,23H2,1-11H3,(H,43,46)(H,44,48)(H,41,42,49)/t30-,31+/m1/s1. The number of rotatable bonds is 14. The molecule has 0 unspecified atom stereocenters. The highest BCUT2D eigenvalue weighted by Gasteiger charge is 2.31. The van der Waals surface area contributed by atoms with E-state index >= 15 is 0 Å². The molecule has 2 atom stereocenters. The van der Waals surface area contributed by atoms with Gasteiger partial charge in [-0.05, 0) is 124 Å². The van der Waals surface area contributed by atoms with Gasteiger partial charge in [0.2, 0.25) is 5.91 Å². The summed E-state index contributed by atoms with van der Waals surface area (Å²) < 4.78 is 16.4. The van der Waals surface area contributed by atoms with Gasteiger partial charge in [-0.25, -0.2) is 14.6 Å². The fourth-order valence-electron chi connectivity index (χ4n) is 5.32. The molecule has 14 nitrogen and oxygen atoms in total. The third kappa shape index (κ3) is 14.3. The van der Waals surface area contributed by atoms with Gasteiger partial charge >= 0.3 is 17.9 Å². The maximum absolute atomic E-state index is 13.4. The van der Waals surface area contributed by atoms with E-state index in [0.717, 1.165) is 11.3 Å². The van der Waals surface area contributed by atoms with E-state index in [0.29, 0.717) is 23.3 Å². The first-order chi connectivity index (χ1) is 24.9. The lowest BCUT2D eigenvalue weighted by Gasteiger charge is -2.26. The summed E-state index contributed by atoms with van der Waals surface area (Å²) >= 11 is 0. The van der Waals surface area contributed by atoms with E-state index in [1.165, 1.54) is 0 Å². The summed E-state index contributed by atoms with van der Waals surface area (Å²) in [5.41, 5.74) is -0.0565. The summed E-state index contributed by atoms with van der Waals surface area (Å²) in [6.45, 7) is 17.5. The van der Waals surface area contributed by atoms with Gasteiger partial charge in [-0.3, -0.25) is 19.2 Å². The quantitative estimate of drug-likeness (QED) is 0.148. The second kappa shape index (κ2) is 17.7. The zero-order valence-corrected chi connectivity index (χ0v) is 33.3. The lowest BCUT2D eigenvalue weighted by atomic mass is 10.1. The molecule has 0 spiro atoms. The topological polar surface area (TPSA) is 186 Å². The van der Waals surface area contributed by atoms with Crippen molar-refractivity contribution in [3.8, 4) is 0 Å². The van der Waals surface area contributed by atoms with Crippen molar-refractivity contribution in [2.24, 2.45) is 0 Å². The SMILES string of the molecule is Cc1nc2ccc(CN(C)c3ccc(C(=O)N[C@@H](CCC(=O)N[C@H](CCC(=O)OC(C)(C)C)C(=O)OC(C)(C)C)C(=O)OC(C)(C)C)cc3)cc2c(=O)[nH]1. The second-order valence-corrected chi connectivity index (χ2v) is 16.3. The van der Waals surface area contributed by atoms with Gasteiger partial charge in [0.25, 0.3) is 11.5 Å². The number of fused-ring (bicyclic) bond motifs is 1. The van der Waals surface area contributed by atoms with Crippen molar-refractivity contribution in [3.05, 3.63) is 69.8 Å². The Morgan fingerprint density at radius 2 is 1.30 bits per heavy atom. The summed E-state index contributed by atoms with van der Waals surface area (Å²) in [6.07, 6.45) is -0.596. The van der Waals surface area contributed by atoms with E-state index in [1.807, 2.05) is 24.1 Å². The number of carbonyl (C=O) groups is 5. The number of carbonyl (C=O) groups excluding carboxylic acids is 5. The molecule has 294 valence electrons. The number of ether oxygens (including phenoxy) is 3. The number of benzene rings is 2. The lowest BCUT2D eigenvalue weighted by molar-refractivity contribution is -0.161. The van der Waals surface area contributed by atoms with Crippen molar-refractivity contribution in [3.63, 3.8) is 0 Å². The number of esters is 3. The highest BCUT2D eigenvalue weighted by atomic mass is 16.6. The van der Waals surface area contributed by atoms with Gasteiger partial charge in [-0.1, -0.05) is 6.07 Å². The number of anilines is 1. The van der Waals surface area contributed by atoms with Gasteiger partial charge in [0.1, 0.15) is 34.7 Å². The fraction of sp³-hybridized carbons (Fsp3) is 0.525. The molecule has 54 heavy (non-hydrogen) atoms. The van der Waals surface area contributed by atoms with Crippen molar-refractivity contribution >= 4 is 46.3 Å². The van der Waals surface area contributed by atoms with E-state index in [9.17, 15) is 28.8 Å². The number of hydrogen-bond donors (Lipinski definition) is 3. The minimum absolute atomic E-state index is 0.0632. The minimum Gasteiger partial charge on any atom is -0.460 e. The molecule has 3 N–H and O–H groups in total. The van der Waals surface area contributed by atoms with Crippen LogP contribution in [-0.4, -0.2) is 75.6 Å². The Balaban J connectivity index is 1.69. The summed E-state index contributed by atoms with van der Waals surface area (Å²) in [5.74, 6) is -2.58. The average molecular weight is 750 g/mol. The first-order valence-corrected chi connectivity index (χ1v) is 18.0. The van der Waals surface area contributed by atoms with Crippen molar-refractivity contribution < 1.29 is 38.2 Å². The van der Waals surface area contributed by atoms with E-state index in [4.69, 9.17) is 14.2 Å². The maximum Gasteiger partial charge on any atom is 0.329 e. The van der Waals surface area contributed by atoms with Crippen LogP contribution in [0.4, 0.5) is 5.69 Å². The van der Waals surface area contributed by atoms with E-state index in [2.05, 4.69) is 20.6 Å². The molecule has 0 bridgehead atoms. The lowest BCUT2D eigenvalue weighted by Crippen LogP contribution is -2.47. The molecular formula is C40H55N5O9. The van der Waals surface area contributed by atoms with E-state index in [-0.39, 0.29) is 36.8 Å². The van der Waals surface area contributed by atoms with Gasteiger partial charge in [0.15, 0.2) is 0 Å². The van der Waals surface area contributed by atoms with Crippen LogP contribution in [0, 0.1) is 6.92 Å². The largest absolute Gasteiger partial charge is 0.460 e. The first-order valence-electron chi connectivity index (χ1n) is 18.0. The average Bonchev–Trinajstić information content (AvgIpc) is 3.02. The van der Waals surface area contributed by atoms with Crippen molar-refractivity contribution in [1.29, 1.82) is 0 Å².